The van der Waals surface area contributed by atoms with E-state index in [4.69, 9.17) is 0 Å². The van der Waals surface area contributed by atoms with Crippen molar-refractivity contribution in [2.45, 2.75) is 19.7 Å². The predicted molar refractivity (Wildman–Crippen MR) is 81.9 cm³/mol. The largest absolute Gasteiger partial charge is 0.573 e. The molecule has 0 amide bonds. The highest BCUT2D eigenvalue weighted by molar-refractivity contribution is 6.03. The van der Waals surface area contributed by atoms with E-state index in [1.807, 2.05) is 6.92 Å². The molecular weight excluding hydrogens is 339 g/mol. The van der Waals surface area contributed by atoms with Crippen LogP contribution in [-0.4, -0.2) is 32.2 Å². The maximum absolute atomic E-state index is 12.2. The van der Waals surface area contributed by atoms with E-state index in [2.05, 4.69) is 14.8 Å². The van der Waals surface area contributed by atoms with Gasteiger partial charge in [0.25, 0.3) is 0 Å². The van der Waals surface area contributed by atoms with Crippen LogP contribution in [0.25, 0.3) is 16.7 Å². The summed E-state index contributed by atoms with van der Waals surface area (Å²) in [5, 5.41) is 14.1. The second-order valence-electron chi connectivity index (χ2n) is 5.12. The first kappa shape index (κ1) is 16.7. The molecule has 0 aliphatic heterocycles. The summed E-state index contributed by atoms with van der Waals surface area (Å²) in [4.78, 5) is 15.6. The Balaban J connectivity index is 2.10. The number of carboxylic acid groups (broad SMARTS) is 1. The number of fused-ring (bicyclic) bond motifs is 1. The highest BCUT2D eigenvalue weighted by Crippen LogP contribution is 2.27. The summed E-state index contributed by atoms with van der Waals surface area (Å²) >= 11 is 0. The lowest BCUT2D eigenvalue weighted by atomic mass is 10.1. The van der Waals surface area contributed by atoms with E-state index in [-0.39, 0.29) is 11.3 Å². The Hall–Kier alpha value is -3.10. The second kappa shape index (κ2) is 6.08. The molecule has 25 heavy (non-hydrogen) atoms. The number of halogens is 3. The third-order valence-corrected chi connectivity index (χ3v) is 3.52. The molecule has 0 saturated heterocycles. The van der Waals surface area contributed by atoms with E-state index in [1.54, 1.807) is 0 Å². The summed E-state index contributed by atoms with van der Waals surface area (Å²) in [7, 11) is 0. The van der Waals surface area contributed by atoms with Crippen molar-refractivity contribution in [1.82, 2.24) is 14.8 Å². The molecule has 9 heteroatoms. The van der Waals surface area contributed by atoms with Gasteiger partial charge in [0.2, 0.25) is 0 Å². The van der Waals surface area contributed by atoms with Crippen LogP contribution in [0.1, 0.15) is 23.0 Å². The second-order valence-corrected chi connectivity index (χ2v) is 5.12. The van der Waals surface area contributed by atoms with Crippen LogP contribution in [0.4, 0.5) is 13.2 Å². The van der Waals surface area contributed by atoms with Gasteiger partial charge in [-0.3, -0.25) is 0 Å². The quantitative estimate of drug-likeness (QED) is 0.777. The van der Waals surface area contributed by atoms with Crippen LogP contribution in [0, 0.1) is 0 Å². The first-order valence-corrected chi connectivity index (χ1v) is 7.26. The van der Waals surface area contributed by atoms with E-state index < -0.39 is 12.3 Å². The molecule has 1 aromatic carbocycles. The van der Waals surface area contributed by atoms with Crippen molar-refractivity contribution in [1.29, 1.82) is 0 Å². The first-order chi connectivity index (χ1) is 11.8. The molecular formula is C16H12F3N3O3. The van der Waals surface area contributed by atoms with Gasteiger partial charge in [-0.05, 0) is 36.8 Å². The molecule has 3 rings (SSSR count). The van der Waals surface area contributed by atoms with Crippen molar-refractivity contribution >= 4 is 17.0 Å². The number of carboxylic acids is 1. The van der Waals surface area contributed by atoms with Crippen molar-refractivity contribution in [3.8, 4) is 11.4 Å². The van der Waals surface area contributed by atoms with Gasteiger partial charge in [0.15, 0.2) is 5.65 Å². The number of benzene rings is 1. The van der Waals surface area contributed by atoms with Gasteiger partial charge in [0, 0.05) is 6.20 Å². The van der Waals surface area contributed by atoms with Gasteiger partial charge in [-0.2, -0.15) is 5.10 Å². The number of hydrogen-bond acceptors (Lipinski definition) is 4. The molecule has 1 N–H and O–H groups in total. The fourth-order valence-corrected chi connectivity index (χ4v) is 2.51. The number of rotatable bonds is 4. The zero-order valence-electron chi connectivity index (χ0n) is 12.9. The minimum atomic E-state index is -4.77. The van der Waals surface area contributed by atoms with Crippen molar-refractivity contribution < 1.29 is 27.8 Å². The normalized spacial score (nSPS) is 11.7. The van der Waals surface area contributed by atoms with Crippen LogP contribution in [0.3, 0.4) is 0 Å². The molecule has 6 nitrogen and oxygen atoms in total. The zero-order valence-corrected chi connectivity index (χ0v) is 12.9. The van der Waals surface area contributed by atoms with Crippen LogP contribution < -0.4 is 4.74 Å². The number of aryl methyl sites for hydroxylation is 1. The summed E-state index contributed by atoms with van der Waals surface area (Å²) in [6.45, 7) is 1.82. The summed E-state index contributed by atoms with van der Waals surface area (Å²) in [6, 6.07) is 6.48. The maximum atomic E-state index is 12.2. The number of nitrogens with zero attached hydrogens (tertiary/aromatic N) is 3. The molecule has 3 aromatic rings. The fourth-order valence-electron chi connectivity index (χ4n) is 2.51. The average molecular weight is 351 g/mol. The lowest BCUT2D eigenvalue weighted by molar-refractivity contribution is -0.274. The van der Waals surface area contributed by atoms with Crippen LogP contribution in [-0.2, 0) is 6.42 Å². The molecule has 0 spiro atoms. The molecule has 0 unspecified atom stereocenters. The highest BCUT2D eigenvalue weighted by Gasteiger charge is 2.31. The smallest absolute Gasteiger partial charge is 0.478 e. The van der Waals surface area contributed by atoms with E-state index >= 15 is 0 Å². The SMILES string of the molecule is CCc1nn(-c2ccc(OC(F)(F)F)cc2)c2nccc(C(=O)O)c12. The maximum Gasteiger partial charge on any atom is 0.573 e. The van der Waals surface area contributed by atoms with E-state index in [0.29, 0.717) is 28.8 Å². The predicted octanol–water partition coefficient (Wildman–Crippen LogP) is 3.58. The Kier molecular flexibility index (Phi) is 4.07. The van der Waals surface area contributed by atoms with Gasteiger partial charge in [-0.1, -0.05) is 6.92 Å². The Morgan fingerprint density at radius 2 is 1.92 bits per heavy atom. The lowest BCUT2D eigenvalue weighted by Gasteiger charge is -2.09. The van der Waals surface area contributed by atoms with Gasteiger partial charge in [0.1, 0.15) is 5.75 Å². The van der Waals surface area contributed by atoms with Crippen molar-refractivity contribution in [3.05, 3.63) is 47.8 Å². The van der Waals surface area contributed by atoms with Gasteiger partial charge >= 0.3 is 12.3 Å². The molecule has 2 heterocycles. The average Bonchev–Trinajstić information content (AvgIpc) is 2.93. The molecule has 2 aromatic heterocycles. The standard InChI is InChI=1S/C16H12F3N3O3/c1-2-12-13-11(15(23)24)7-8-20-14(13)22(21-12)9-3-5-10(6-4-9)25-16(17,18)19/h3-8H,2H2,1H3,(H,23,24). The van der Waals surface area contributed by atoms with Crippen molar-refractivity contribution in [2.75, 3.05) is 0 Å². The number of ether oxygens (including phenoxy) is 1. The summed E-state index contributed by atoms with van der Waals surface area (Å²) in [6.07, 6.45) is -2.94. The minimum absolute atomic E-state index is 0.0742. The number of pyridine rings is 1. The van der Waals surface area contributed by atoms with Crippen LogP contribution in [0.2, 0.25) is 0 Å². The minimum Gasteiger partial charge on any atom is -0.478 e. The Bertz CT molecular complexity index is 933. The number of alkyl halides is 3. The topological polar surface area (TPSA) is 77.2 Å². The molecule has 0 fully saturated rings. The Labute approximate surface area is 139 Å². The third-order valence-electron chi connectivity index (χ3n) is 3.52. The number of aromatic nitrogens is 3. The fraction of sp³-hybridized carbons (Fsp3) is 0.188. The summed E-state index contributed by atoms with van der Waals surface area (Å²) in [5.41, 5.74) is 1.37. The molecule has 0 atom stereocenters. The summed E-state index contributed by atoms with van der Waals surface area (Å²) in [5.74, 6) is -1.46. The highest BCUT2D eigenvalue weighted by atomic mass is 19.4. The number of carbonyl (C=O) groups is 1. The number of hydrogen-bond donors (Lipinski definition) is 1. The van der Waals surface area contributed by atoms with E-state index in [0.717, 1.165) is 12.1 Å². The van der Waals surface area contributed by atoms with Crippen LogP contribution in [0.5, 0.6) is 5.75 Å². The monoisotopic (exact) mass is 351 g/mol. The Morgan fingerprint density at radius 3 is 2.48 bits per heavy atom. The van der Waals surface area contributed by atoms with Crippen molar-refractivity contribution in [2.24, 2.45) is 0 Å². The number of aromatic carboxylic acids is 1. The van der Waals surface area contributed by atoms with Gasteiger partial charge in [0.05, 0.1) is 22.3 Å². The molecule has 0 aliphatic rings. The molecule has 0 aliphatic carbocycles. The van der Waals surface area contributed by atoms with E-state index in [1.165, 1.54) is 29.1 Å². The zero-order chi connectivity index (χ0) is 18.2. The van der Waals surface area contributed by atoms with Gasteiger partial charge in [-0.15, -0.1) is 13.2 Å². The molecule has 0 bridgehead atoms. The first-order valence-electron chi connectivity index (χ1n) is 7.26. The van der Waals surface area contributed by atoms with Crippen molar-refractivity contribution in [3.63, 3.8) is 0 Å². The van der Waals surface area contributed by atoms with Gasteiger partial charge < -0.3 is 9.84 Å². The van der Waals surface area contributed by atoms with Crippen LogP contribution in [0.15, 0.2) is 36.5 Å². The third kappa shape index (κ3) is 3.25. The van der Waals surface area contributed by atoms with Crippen LogP contribution >= 0.6 is 0 Å². The summed E-state index contributed by atoms with van der Waals surface area (Å²) < 4.78 is 41.9. The molecule has 130 valence electrons. The van der Waals surface area contributed by atoms with E-state index in [9.17, 15) is 23.1 Å². The lowest BCUT2D eigenvalue weighted by Crippen LogP contribution is -2.17. The Morgan fingerprint density at radius 1 is 1.24 bits per heavy atom. The van der Waals surface area contributed by atoms with Gasteiger partial charge in [-0.25, -0.2) is 14.5 Å². The molecule has 0 radical (unpaired) electrons. The molecule has 0 saturated carbocycles.